The van der Waals surface area contributed by atoms with Crippen LogP contribution in [-0.2, 0) is 4.79 Å². The van der Waals surface area contributed by atoms with Crippen LogP contribution in [0.15, 0.2) is 54.6 Å². The van der Waals surface area contributed by atoms with Crippen molar-refractivity contribution in [1.82, 2.24) is 0 Å². The van der Waals surface area contributed by atoms with Crippen LogP contribution in [0.5, 0.6) is 5.75 Å². The van der Waals surface area contributed by atoms with Gasteiger partial charge in [-0.1, -0.05) is 42.5 Å². The number of ether oxygens (including phenoxy) is 1. The van der Waals surface area contributed by atoms with Crippen LogP contribution in [0.1, 0.15) is 18.4 Å². The van der Waals surface area contributed by atoms with Crippen LogP contribution in [-0.4, -0.2) is 12.5 Å². The number of carbonyl (C=O) groups is 1. The maximum absolute atomic E-state index is 12.3. The molecule has 0 saturated carbocycles. The van der Waals surface area contributed by atoms with E-state index in [1.54, 1.807) is 36.4 Å². The molecule has 1 atom stereocenters. The molecule has 2 aromatic carbocycles. The molecule has 0 aliphatic rings. The van der Waals surface area contributed by atoms with Crippen LogP contribution < -0.4 is 10.1 Å². The Bertz CT molecular complexity index is 647. The SMILES string of the molecule is CCOc1ccccc1NC(=O)C(C#N)c1ccccc1. The Morgan fingerprint density at radius 1 is 1.19 bits per heavy atom. The largest absolute Gasteiger partial charge is 0.492 e. The Morgan fingerprint density at radius 3 is 2.52 bits per heavy atom. The molecule has 2 rings (SSSR count). The van der Waals surface area contributed by atoms with Gasteiger partial charge >= 0.3 is 0 Å². The van der Waals surface area contributed by atoms with Crippen molar-refractivity contribution in [2.45, 2.75) is 12.8 Å². The highest BCUT2D eigenvalue weighted by Crippen LogP contribution is 2.25. The fraction of sp³-hybridized carbons (Fsp3) is 0.176. The number of benzene rings is 2. The smallest absolute Gasteiger partial charge is 0.246 e. The van der Waals surface area contributed by atoms with E-state index in [0.29, 0.717) is 23.6 Å². The first-order chi connectivity index (χ1) is 10.3. The zero-order valence-electron chi connectivity index (χ0n) is 11.7. The summed E-state index contributed by atoms with van der Waals surface area (Å²) >= 11 is 0. The van der Waals surface area contributed by atoms with E-state index >= 15 is 0 Å². The second kappa shape index (κ2) is 7.11. The number of nitriles is 1. The van der Waals surface area contributed by atoms with Gasteiger partial charge in [-0.25, -0.2) is 0 Å². The summed E-state index contributed by atoms with van der Waals surface area (Å²) in [6.45, 7) is 2.38. The average Bonchev–Trinajstić information content (AvgIpc) is 2.51. The van der Waals surface area contributed by atoms with Crippen molar-refractivity contribution < 1.29 is 9.53 Å². The van der Waals surface area contributed by atoms with Crippen molar-refractivity contribution in [2.24, 2.45) is 0 Å². The highest BCUT2D eigenvalue weighted by molar-refractivity contribution is 5.98. The number of nitrogens with one attached hydrogen (secondary N) is 1. The van der Waals surface area contributed by atoms with Gasteiger partial charge in [-0.15, -0.1) is 0 Å². The minimum atomic E-state index is -0.846. The molecular weight excluding hydrogens is 264 g/mol. The summed E-state index contributed by atoms with van der Waals surface area (Å²) in [5.41, 5.74) is 1.24. The molecule has 0 aliphatic carbocycles. The molecule has 2 aromatic rings. The molecule has 0 fully saturated rings. The molecule has 0 aromatic heterocycles. The van der Waals surface area contributed by atoms with Gasteiger partial charge in [-0.05, 0) is 24.6 Å². The summed E-state index contributed by atoms with van der Waals surface area (Å²) < 4.78 is 5.46. The van der Waals surface area contributed by atoms with Crippen molar-refractivity contribution in [1.29, 1.82) is 5.26 Å². The van der Waals surface area contributed by atoms with Gasteiger partial charge in [-0.3, -0.25) is 4.79 Å². The summed E-state index contributed by atoms with van der Waals surface area (Å²) in [7, 11) is 0. The van der Waals surface area contributed by atoms with Crippen molar-refractivity contribution in [3.63, 3.8) is 0 Å². The number of anilines is 1. The van der Waals surface area contributed by atoms with E-state index in [2.05, 4.69) is 5.32 Å². The van der Waals surface area contributed by atoms with Crippen molar-refractivity contribution >= 4 is 11.6 Å². The van der Waals surface area contributed by atoms with Crippen molar-refractivity contribution in [2.75, 3.05) is 11.9 Å². The summed E-state index contributed by atoms with van der Waals surface area (Å²) in [5.74, 6) is -0.616. The van der Waals surface area contributed by atoms with Gasteiger partial charge in [0.1, 0.15) is 5.75 Å². The van der Waals surface area contributed by atoms with Gasteiger partial charge in [-0.2, -0.15) is 5.26 Å². The monoisotopic (exact) mass is 280 g/mol. The molecule has 0 saturated heterocycles. The first kappa shape index (κ1) is 14.6. The molecule has 21 heavy (non-hydrogen) atoms. The molecule has 106 valence electrons. The third-order valence-corrected chi connectivity index (χ3v) is 2.97. The van der Waals surface area contributed by atoms with E-state index in [0.717, 1.165) is 0 Å². The molecule has 4 heteroatoms. The number of hydrogen-bond donors (Lipinski definition) is 1. The van der Waals surface area contributed by atoms with Gasteiger partial charge in [0.15, 0.2) is 5.92 Å². The Hall–Kier alpha value is -2.80. The van der Waals surface area contributed by atoms with Crippen LogP contribution in [0.4, 0.5) is 5.69 Å². The van der Waals surface area contributed by atoms with E-state index < -0.39 is 5.92 Å². The first-order valence-electron chi connectivity index (χ1n) is 6.73. The first-order valence-corrected chi connectivity index (χ1v) is 6.73. The van der Waals surface area contributed by atoms with Gasteiger partial charge in [0.05, 0.1) is 18.4 Å². The molecule has 0 bridgehead atoms. The van der Waals surface area contributed by atoms with E-state index in [9.17, 15) is 10.1 Å². The fourth-order valence-corrected chi connectivity index (χ4v) is 1.99. The van der Waals surface area contributed by atoms with Crippen molar-refractivity contribution in [3.05, 3.63) is 60.2 Å². The van der Waals surface area contributed by atoms with Gasteiger partial charge in [0, 0.05) is 0 Å². The number of hydrogen-bond acceptors (Lipinski definition) is 3. The Kier molecular flexibility index (Phi) is 4.94. The predicted molar refractivity (Wildman–Crippen MR) is 81.0 cm³/mol. The molecule has 1 amide bonds. The molecule has 0 radical (unpaired) electrons. The third-order valence-electron chi connectivity index (χ3n) is 2.97. The summed E-state index contributed by atoms with van der Waals surface area (Å²) in [6, 6.07) is 18.2. The number of carbonyl (C=O) groups excluding carboxylic acids is 1. The van der Waals surface area contributed by atoms with Crippen LogP contribution in [0, 0.1) is 11.3 Å². The van der Waals surface area contributed by atoms with E-state index in [4.69, 9.17) is 4.74 Å². The Balaban J connectivity index is 2.19. The summed E-state index contributed by atoms with van der Waals surface area (Å²) in [4.78, 5) is 12.3. The lowest BCUT2D eigenvalue weighted by Crippen LogP contribution is -2.20. The fourth-order valence-electron chi connectivity index (χ4n) is 1.99. The van der Waals surface area contributed by atoms with E-state index in [-0.39, 0.29) is 5.91 Å². The lowest BCUT2D eigenvalue weighted by molar-refractivity contribution is -0.116. The number of amides is 1. The quantitative estimate of drug-likeness (QED) is 0.913. The highest BCUT2D eigenvalue weighted by Gasteiger charge is 2.20. The summed E-state index contributed by atoms with van der Waals surface area (Å²) in [6.07, 6.45) is 0. The minimum Gasteiger partial charge on any atom is -0.492 e. The maximum atomic E-state index is 12.3. The van der Waals surface area contributed by atoms with Crippen LogP contribution in [0.2, 0.25) is 0 Å². The molecule has 0 aliphatic heterocycles. The number of nitrogens with zero attached hydrogens (tertiary/aromatic N) is 1. The van der Waals surface area contributed by atoms with E-state index in [1.807, 2.05) is 31.2 Å². The third kappa shape index (κ3) is 3.61. The zero-order chi connectivity index (χ0) is 15.1. The number of rotatable bonds is 5. The molecule has 1 N–H and O–H groups in total. The topological polar surface area (TPSA) is 62.1 Å². The van der Waals surface area contributed by atoms with Crippen LogP contribution in [0.3, 0.4) is 0 Å². The van der Waals surface area contributed by atoms with Crippen LogP contribution >= 0.6 is 0 Å². The lowest BCUT2D eigenvalue weighted by atomic mass is 10.00. The van der Waals surface area contributed by atoms with Gasteiger partial charge < -0.3 is 10.1 Å². The maximum Gasteiger partial charge on any atom is 0.246 e. The Labute approximate surface area is 124 Å². The molecule has 0 spiro atoms. The normalized spacial score (nSPS) is 11.2. The molecule has 4 nitrogen and oxygen atoms in total. The number of para-hydroxylation sites is 2. The van der Waals surface area contributed by atoms with Gasteiger partial charge in [0.25, 0.3) is 0 Å². The highest BCUT2D eigenvalue weighted by atomic mass is 16.5. The van der Waals surface area contributed by atoms with Gasteiger partial charge in [0.2, 0.25) is 5.91 Å². The zero-order valence-corrected chi connectivity index (χ0v) is 11.7. The molecular formula is C17H16N2O2. The standard InChI is InChI=1S/C17H16N2O2/c1-2-21-16-11-7-6-10-15(16)19-17(20)14(12-18)13-8-4-3-5-9-13/h3-11,14H,2H2,1H3,(H,19,20). The molecule has 0 heterocycles. The average molecular weight is 280 g/mol. The summed E-state index contributed by atoms with van der Waals surface area (Å²) in [5, 5.41) is 12.0. The Morgan fingerprint density at radius 2 is 1.86 bits per heavy atom. The predicted octanol–water partition coefficient (Wildman–Crippen LogP) is 3.33. The second-order valence-corrected chi connectivity index (χ2v) is 4.39. The minimum absolute atomic E-state index is 0.365. The van der Waals surface area contributed by atoms with Crippen molar-refractivity contribution in [3.8, 4) is 11.8 Å². The molecule has 1 unspecified atom stereocenters. The lowest BCUT2D eigenvalue weighted by Gasteiger charge is -2.13. The second-order valence-electron chi connectivity index (χ2n) is 4.39. The van der Waals surface area contributed by atoms with Crippen LogP contribution in [0.25, 0.3) is 0 Å². The van der Waals surface area contributed by atoms with E-state index in [1.165, 1.54) is 0 Å².